The number of hydrogen-bond acceptors (Lipinski definition) is 6. The van der Waals surface area contributed by atoms with Crippen LogP contribution in [0.2, 0.25) is 0 Å². The minimum Gasteiger partial charge on any atom is -0.277 e. The molecule has 0 bridgehead atoms. The van der Waals surface area contributed by atoms with E-state index in [-0.39, 0.29) is 21.2 Å². The molecule has 0 unspecified atom stereocenters. The molecule has 0 fully saturated rings. The van der Waals surface area contributed by atoms with Gasteiger partial charge in [-0.1, -0.05) is 0 Å². The molecule has 0 spiro atoms. The molecule has 0 aliphatic heterocycles. The highest BCUT2D eigenvalue weighted by molar-refractivity contribution is 7.98. The molecule has 10 heteroatoms. The van der Waals surface area contributed by atoms with Crippen molar-refractivity contribution in [3.8, 4) is 0 Å². The second-order valence-corrected chi connectivity index (χ2v) is 12.9. The lowest BCUT2D eigenvalue weighted by Crippen LogP contribution is -2.20. The van der Waals surface area contributed by atoms with Gasteiger partial charge in [0.2, 0.25) is 0 Å². The van der Waals surface area contributed by atoms with E-state index >= 15 is 0 Å². The summed E-state index contributed by atoms with van der Waals surface area (Å²) in [5.41, 5.74) is 3.53. The number of thioether (sulfide) groups is 2. The zero-order valence-corrected chi connectivity index (χ0v) is 23.2. The Balaban J connectivity index is 2.10. The van der Waals surface area contributed by atoms with Crippen molar-refractivity contribution in [2.45, 2.75) is 47.3 Å². The van der Waals surface area contributed by atoms with Crippen LogP contribution in [0.15, 0.2) is 68.1 Å². The summed E-state index contributed by atoms with van der Waals surface area (Å²) in [6.45, 7) is 7.34. The van der Waals surface area contributed by atoms with Crippen molar-refractivity contribution < 1.29 is 16.8 Å². The lowest BCUT2D eigenvalue weighted by molar-refractivity contribution is 0.598. The van der Waals surface area contributed by atoms with Gasteiger partial charge in [-0.05, 0) is 111 Å². The number of rotatable bonds is 8. The minimum atomic E-state index is -3.96. The first-order valence-electron chi connectivity index (χ1n) is 10.4. The van der Waals surface area contributed by atoms with Gasteiger partial charge in [0.15, 0.2) is 0 Å². The minimum absolute atomic E-state index is 0.0991. The van der Waals surface area contributed by atoms with E-state index in [1.165, 1.54) is 47.8 Å². The van der Waals surface area contributed by atoms with Crippen LogP contribution in [0.4, 0.5) is 11.4 Å². The van der Waals surface area contributed by atoms with E-state index in [9.17, 15) is 16.8 Å². The molecule has 182 valence electrons. The Bertz CT molecular complexity index is 1310. The average molecular weight is 537 g/mol. The summed E-state index contributed by atoms with van der Waals surface area (Å²) in [5, 5.41) is 0. The van der Waals surface area contributed by atoms with Crippen LogP contribution in [0.25, 0.3) is 0 Å². The SMILES string of the molecule is CSc1ccc(S(=O)(=O)Nc2c(C)c(C)c(C)c(C)c2NS(=O)(=O)c2ccc(SC)cc2)cc1. The summed E-state index contributed by atoms with van der Waals surface area (Å²) in [5.74, 6) is 0. The first kappa shape index (κ1) is 26.5. The Morgan fingerprint density at radius 1 is 0.529 bits per heavy atom. The van der Waals surface area contributed by atoms with Crippen molar-refractivity contribution in [1.29, 1.82) is 0 Å². The molecule has 0 atom stereocenters. The zero-order valence-electron chi connectivity index (χ0n) is 19.9. The summed E-state index contributed by atoms with van der Waals surface area (Å²) in [7, 11) is -7.91. The standard InChI is InChI=1S/C24H28N2O4S4/c1-15-16(2)18(4)24(26-34(29,30)22-13-9-20(32-6)10-14-22)23(17(15)3)25-33(27,28)21-11-7-19(31-5)8-12-21/h7-14,25-26H,1-6H3. The number of benzene rings is 3. The van der Waals surface area contributed by atoms with E-state index in [1.807, 2.05) is 26.4 Å². The number of nitrogens with one attached hydrogen (secondary N) is 2. The lowest BCUT2D eigenvalue weighted by Gasteiger charge is -2.23. The maximum absolute atomic E-state index is 13.2. The predicted molar refractivity (Wildman–Crippen MR) is 143 cm³/mol. The van der Waals surface area contributed by atoms with E-state index < -0.39 is 20.0 Å². The third kappa shape index (κ3) is 5.40. The zero-order chi connectivity index (χ0) is 25.3. The fourth-order valence-corrected chi connectivity index (χ4v) is 6.55. The van der Waals surface area contributed by atoms with E-state index in [0.717, 1.165) is 20.9 Å². The first-order valence-corrected chi connectivity index (χ1v) is 15.8. The Morgan fingerprint density at radius 3 is 1.09 bits per heavy atom. The maximum atomic E-state index is 13.2. The van der Waals surface area contributed by atoms with Gasteiger partial charge in [-0.15, -0.1) is 23.5 Å². The van der Waals surface area contributed by atoms with Crippen molar-refractivity contribution in [1.82, 2.24) is 0 Å². The van der Waals surface area contributed by atoms with E-state index in [2.05, 4.69) is 9.44 Å². The number of anilines is 2. The molecule has 0 amide bonds. The second kappa shape index (κ2) is 10.2. The van der Waals surface area contributed by atoms with Gasteiger partial charge in [0.25, 0.3) is 20.0 Å². The van der Waals surface area contributed by atoms with Crippen LogP contribution in [0.1, 0.15) is 22.3 Å². The summed E-state index contributed by atoms with van der Waals surface area (Å²) in [4.78, 5) is 2.08. The molecule has 0 saturated heterocycles. The van der Waals surface area contributed by atoms with E-state index in [4.69, 9.17) is 0 Å². The number of hydrogen-bond donors (Lipinski definition) is 2. The van der Waals surface area contributed by atoms with Gasteiger partial charge in [0.05, 0.1) is 21.2 Å². The third-order valence-corrected chi connectivity index (χ3v) is 10.1. The molecule has 0 aromatic heterocycles. The molecule has 2 N–H and O–H groups in total. The van der Waals surface area contributed by atoms with Crippen LogP contribution in [-0.4, -0.2) is 29.3 Å². The third-order valence-electron chi connectivity index (χ3n) is 5.90. The first-order chi connectivity index (χ1) is 15.9. The highest BCUT2D eigenvalue weighted by Gasteiger charge is 2.25. The van der Waals surface area contributed by atoms with Crippen LogP contribution in [-0.2, 0) is 20.0 Å². The van der Waals surface area contributed by atoms with Crippen molar-refractivity contribution >= 4 is 54.9 Å². The monoisotopic (exact) mass is 536 g/mol. The Labute approximate surface area is 211 Å². The Kier molecular flexibility index (Phi) is 7.96. The largest absolute Gasteiger partial charge is 0.277 e. The van der Waals surface area contributed by atoms with E-state index in [0.29, 0.717) is 11.1 Å². The topological polar surface area (TPSA) is 92.3 Å². The summed E-state index contributed by atoms with van der Waals surface area (Å²) < 4.78 is 58.2. The molecule has 0 aliphatic carbocycles. The maximum Gasteiger partial charge on any atom is 0.261 e. The molecule has 34 heavy (non-hydrogen) atoms. The molecule has 3 aromatic carbocycles. The second-order valence-electron chi connectivity index (χ2n) is 7.81. The average Bonchev–Trinajstić information content (AvgIpc) is 2.83. The quantitative estimate of drug-likeness (QED) is 0.345. The Hall–Kier alpha value is -2.14. The predicted octanol–water partition coefficient (Wildman–Crippen LogP) is 5.97. The number of sulfonamides is 2. The molecular formula is C24H28N2O4S4. The fourth-order valence-electron chi connectivity index (χ4n) is 3.46. The van der Waals surface area contributed by atoms with Crippen LogP contribution < -0.4 is 9.44 Å². The summed E-state index contributed by atoms with van der Waals surface area (Å²) in [6, 6.07) is 13.1. The van der Waals surface area contributed by atoms with Crippen LogP contribution in [0, 0.1) is 27.7 Å². The van der Waals surface area contributed by atoms with Gasteiger partial charge < -0.3 is 0 Å². The highest BCUT2D eigenvalue weighted by atomic mass is 32.2. The molecule has 3 aromatic rings. The van der Waals surface area contributed by atoms with Gasteiger partial charge in [-0.2, -0.15) is 0 Å². The Morgan fingerprint density at radius 2 is 0.824 bits per heavy atom. The van der Waals surface area contributed by atoms with Crippen molar-refractivity contribution in [3.05, 3.63) is 70.8 Å². The highest BCUT2D eigenvalue weighted by Crippen LogP contribution is 2.38. The molecule has 0 aliphatic rings. The summed E-state index contributed by atoms with van der Waals surface area (Å²) in [6.07, 6.45) is 3.83. The molecule has 0 radical (unpaired) electrons. The van der Waals surface area contributed by atoms with Gasteiger partial charge >= 0.3 is 0 Å². The smallest absolute Gasteiger partial charge is 0.261 e. The van der Waals surface area contributed by atoms with Crippen molar-refractivity contribution in [2.24, 2.45) is 0 Å². The van der Waals surface area contributed by atoms with Gasteiger partial charge in [0.1, 0.15) is 0 Å². The van der Waals surface area contributed by atoms with Gasteiger partial charge in [-0.25, -0.2) is 16.8 Å². The van der Waals surface area contributed by atoms with E-state index in [1.54, 1.807) is 38.1 Å². The molecule has 6 nitrogen and oxygen atoms in total. The lowest BCUT2D eigenvalue weighted by atomic mass is 9.96. The van der Waals surface area contributed by atoms with Crippen LogP contribution in [0.5, 0.6) is 0 Å². The summed E-state index contributed by atoms with van der Waals surface area (Å²) >= 11 is 3.03. The normalized spacial score (nSPS) is 11.9. The van der Waals surface area contributed by atoms with Crippen LogP contribution >= 0.6 is 23.5 Å². The fraction of sp³-hybridized carbons (Fsp3) is 0.250. The molecular weight excluding hydrogens is 509 g/mol. The van der Waals surface area contributed by atoms with Crippen molar-refractivity contribution in [2.75, 3.05) is 22.0 Å². The molecule has 0 heterocycles. The van der Waals surface area contributed by atoms with Crippen molar-refractivity contribution in [3.63, 3.8) is 0 Å². The molecule has 3 rings (SSSR count). The van der Waals surface area contributed by atoms with Gasteiger partial charge in [-0.3, -0.25) is 9.44 Å². The molecule has 0 saturated carbocycles. The van der Waals surface area contributed by atoms with Crippen LogP contribution in [0.3, 0.4) is 0 Å². The van der Waals surface area contributed by atoms with Gasteiger partial charge in [0, 0.05) is 9.79 Å².